The lowest BCUT2D eigenvalue weighted by Gasteiger charge is -2.20. The van der Waals surface area contributed by atoms with Crippen molar-refractivity contribution in [1.82, 2.24) is 20.2 Å². The van der Waals surface area contributed by atoms with E-state index in [4.69, 9.17) is 0 Å². The Labute approximate surface area is 172 Å². The first-order valence-corrected chi connectivity index (χ1v) is 10.8. The molecule has 1 aliphatic carbocycles. The fraction of sp³-hybridized carbons (Fsp3) is 0.522. The Bertz CT molecular complexity index is 893. The Kier molecular flexibility index (Phi) is 5.43. The predicted octanol–water partition coefficient (Wildman–Crippen LogP) is 3.30. The lowest BCUT2D eigenvalue weighted by atomic mass is 9.96. The first-order valence-electron chi connectivity index (χ1n) is 10.8. The summed E-state index contributed by atoms with van der Waals surface area (Å²) in [7, 11) is 0. The van der Waals surface area contributed by atoms with Crippen LogP contribution in [0.15, 0.2) is 24.4 Å². The number of aromatic nitrogens is 2. The molecule has 1 aromatic heterocycles. The Morgan fingerprint density at radius 1 is 1.17 bits per heavy atom. The van der Waals surface area contributed by atoms with Crippen molar-refractivity contribution in [3.8, 4) is 0 Å². The summed E-state index contributed by atoms with van der Waals surface area (Å²) in [5, 5.41) is 3.11. The molecule has 2 fully saturated rings. The molecule has 0 unspecified atom stereocenters. The zero-order valence-electron chi connectivity index (χ0n) is 17.5. The summed E-state index contributed by atoms with van der Waals surface area (Å²) in [6, 6.07) is 6.06. The van der Waals surface area contributed by atoms with Gasteiger partial charge in [0.15, 0.2) is 0 Å². The van der Waals surface area contributed by atoms with Gasteiger partial charge in [-0.05, 0) is 42.7 Å². The number of aryl methyl sites for hydroxylation is 2. The molecule has 2 heterocycles. The van der Waals surface area contributed by atoms with Gasteiger partial charge in [0.1, 0.15) is 11.5 Å². The quantitative estimate of drug-likeness (QED) is 0.789. The lowest BCUT2D eigenvalue weighted by molar-refractivity contribution is 0.0779. The van der Waals surface area contributed by atoms with Crippen LogP contribution in [0.4, 0.5) is 0 Å². The van der Waals surface area contributed by atoms with Gasteiger partial charge >= 0.3 is 0 Å². The maximum Gasteiger partial charge on any atom is 0.269 e. The number of carbonyl (C=O) groups is 2. The monoisotopic (exact) mass is 394 g/mol. The van der Waals surface area contributed by atoms with Gasteiger partial charge in [0.2, 0.25) is 0 Å². The highest BCUT2D eigenvalue weighted by molar-refractivity contribution is 5.97. The average molecular weight is 395 g/mol. The molecule has 2 aromatic rings. The second-order valence-corrected chi connectivity index (χ2v) is 8.38. The summed E-state index contributed by atoms with van der Waals surface area (Å²) in [4.78, 5) is 35.4. The van der Waals surface area contributed by atoms with Crippen molar-refractivity contribution >= 4 is 11.8 Å². The summed E-state index contributed by atoms with van der Waals surface area (Å²) in [6.07, 6.45) is 5.58. The molecule has 1 aliphatic heterocycles. The van der Waals surface area contributed by atoms with Crippen LogP contribution in [0.25, 0.3) is 0 Å². The van der Waals surface area contributed by atoms with Crippen molar-refractivity contribution in [2.24, 2.45) is 5.92 Å². The van der Waals surface area contributed by atoms with Gasteiger partial charge in [-0.3, -0.25) is 9.59 Å². The smallest absolute Gasteiger partial charge is 0.269 e. The zero-order chi connectivity index (χ0) is 20.5. The standard InChI is InChI=1S/C23H30N4O2/c1-4-15-7-6-8-16(5-2)20(15)23(29)27-12-14(3)19(13-27)26-22(28)18-11-24-21(25-18)17-9-10-17/h6-8,11,14,17,19H,4-5,9-10,12-13H2,1-3H3,(H,24,25)(H,26,28)/t14-,19+/m1/s1. The highest BCUT2D eigenvalue weighted by atomic mass is 16.2. The minimum absolute atomic E-state index is 0.0574. The number of imidazole rings is 1. The molecule has 4 rings (SSSR count). The Hall–Kier alpha value is -2.63. The summed E-state index contributed by atoms with van der Waals surface area (Å²) in [5.41, 5.74) is 3.55. The van der Waals surface area contributed by atoms with E-state index in [0.29, 0.717) is 24.7 Å². The summed E-state index contributed by atoms with van der Waals surface area (Å²) < 4.78 is 0. The van der Waals surface area contributed by atoms with E-state index in [9.17, 15) is 9.59 Å². The number of likely N-dealkylation sites (tertiary alicyclic amines) is 1. The SMILES string of the molecule is CCc1cccc(CC)c1C(=O)N1C[C@@H](C)[C@@H](NC(=O)c2cnc(C3CC3)[nH]2)C1. The second-order valence-electron chi connectivity index (χ2n) is 8.38. The first kappa shape index (κ1) is 19.7. The number of nitrogens with one attached hydrogen (secondary N) is 2. The molecule has 2 N–H and O–H groups in total. The number of hydrogen-bond acceptors (Lipinski definition) is 3. The van der Waals surface area contributed by atoms with Crippen molar-refractivity contribution < 1.29 is 9.59 Å². The van der Waals surface area contributed by atoms with Crippen molar-refractivity contribution in [2.75, 3.05) is 13.1 Å². The summed E-state index contributed by atoms with van der Waals surface area (Å²) >= 11 is 0. The van der Waals surface area contributed by atoms with Crippen LogP contribution in [0.2, 0.25) is 0 Å². The molecule has 0 spiro atoms. The third-order valence-electron chi connectivity index (χ3n) is 6.23. The van der Waals surface area contributed by atoms with Crippen LogP contribution >= 0.6 is 0 Å². The van der Waals surface area contributed by atoms with E-state index in [1.54, 1.807) is 6.20 Å². The number of carbonyl (C=O) groups excluding carboxylic acids is 2. The average Bonchev–Trinajstić information content (AvgIpc) is 3.35. The third kappa shape index (κ3) is 3.93. The van der Waals surface area contributed by atoms with Gasteiger partial charge in [-0.2, -0.15) is 0 Å². The molecule has 154 valence electrons. The Morgan fingerprint density at radius 3 is 2.48 bits per heavy atom. The third-order valence-corrected chi connectivity index (χ3v) is 6.23. The molecule has 6 nitrogen and oxygen atoms in total. The molecule has 2 atom stereocenters. The van der Waals surface area contributed by atoms with Gasteiger partial charge in [0.05, 0.1) is 12.2 Å². The maximum absolute atomic E-state index is 13.3. The largest absolute Gasteiger partial charge is 0.346 e. The predicted molar refractivity (Wildman–Crippen MR) is 112 cm³/mol. The molecule has 29 heavy (non-hydrogen) atoms. The second kappa shape index (κ2) is 8.01. The Morgan fingerprint density at radius 2 is 1.86 bits per heavy atom. The summed E-state index contributed by atoms with van der Waals surface area (Å²) in [5.74, 6) is 1.54. The molecular formula is C23H30N4O2. The van der Waals surface area contributed by atoms with Crippen molar-refractivity contribution in [3.05, 3.63) is 52.6 Å². The number of benzene rings is 1. The van der Waals surface area contributed by atoms with Gasteiger partial charge in [0, 0.05) is 24.6 Å². The minimum Gasteiger partial charge on any atom is -0.346 e. The number of hydrogen-bond donors (Lipinski definition) is 2. The van der Waals surface area contributed by atoms with Gasteiger partial charge in [0.25, 0.3) is 11.8 Å². The molecule has 1 saturated heterocycles. The van der Waals surface area contributed by atoms with Gasteiger partial charge in [-0.1, -0.05) is 39.0 Å². The number of aromatic amines is 1. The van der Waals surface area contributed by atoms with Gasteiger partial charge in [-0.25, -0.2) is 4.98 Å². The first-order chi connectivity index (χ1) is 14.0. The van der Waals surface area contributed by atoms with E-state index in [0.717, 1.165) is 48.2 Å². The number of nitrogens with zero attached hydrogens (tertiary/aromatic N) is 2. The van der Waals surface area contributed by atoms with E-state index in [-0.39, 0.29) is 23.8 Å². The van der Waals surface area contributed by atoms with Crippen LogP contribution in [-0.2, 0) is 12.8 Å². The topological polar surface area (TPSA) is 78.1 Å². The number of amides is 2. The summed E-state index contributed by atoms with van der Waals surface area (Å²) in [6.45, 7) is 7.45. The van der Waals surface area contributed by atoms with Gasteiger partial charge < -0.3 is 15.2 Å². The fourth-order valence-electron chi connectivity index (χ4n) is 4.26. The molecule has 1 aromatic carbocycles. The van der Waals surface area contributed by atoms with Crippen LogP contribution < -0.4 is 5.32 Å². The highest BCUT2D eigenvalue weighted by Crippen LogP contribution is 2.38. The van der Waals surface area contributed by atoms with E-state index in [1.807, 2.05) is 23.1 Å². The van der Waals surface area contributed by atoms with E-state index < -0.39 is 0 Å². The van der Waals surface area contributed by atoms with Crippen LogP contribution in [-0.4, -0.2) is 45.8 Å². The molecule has 2 amide bonds. The molecule has 0 bridgehead atoms. The maximum atomic E-state index is 13.3. The van der Waals surface area contributed by atoms with E-state index in [1.165, 1.54) is 0 Å². The van der Waals surface area contributed by atoms with Crippen LogP contribution in [0, 0.1) is 5.92 Å². The molecule has 1 saturated carbocycles. The van der Waals surface area contributed by atoms with Crippen LogP contribution in [0.5, 0.6) is 0 Å². The number of H-pyrrole nitrogens is 1. The molecule has 2 aliphatic rings. The van der Waals surface area contributed by atoms with Crippen LogP contribution in [0.3, 0.4) is 0 Å². The fourth-order valence-corrected chi connectivity index (χ4v) is 4.26. The number of rotatable bonds is 6. The van der Waals surface area contributed by atoms with Crippen molar-refractivity contribution in [1.29, 1.82) is 0 Å². The van der Waals surface area contributed by atoms with Crippen LogP contribution in [0.1, 0.15) is 77.3 Å². The molecule has 6 heteroatoms. The normalized spacial score (nSPS) is 21.4. The molecular weight excluding hydrogens is 364 g/mol. The molecule has 0 radical (unpaired) electrons. The van der Waals surface area contributed by atoms with Crippen molar-refractivity contribution in [3.63, 3.8) is 0 Å². The zero-order valence-corrected chi connectivity index (χ0v) is 17.5. The van der Waals surface area contributed by atoms with Crippen molar-refractivity contribution in [2.45, 2.75) is 58.4 Å². The van der Waals surface area contributed by atoms with Gasteiger partial charge in [-0.15, -0.1) is 0 Å². The highest BCUT2D eigenvalue weighted by Gasteiger charge is 2.35. The Balaban J connectivity index is 1.45. The minimum atomic E-state index is -0.140. The lowest BCUT2D eigenvalue weighted by Crippen LogP contribution is -2.40. The van der Waals surface area contributed by atoms with E-state index >= 15 is 0 Å². The van der Waals surface area contributed by atoms with E-state index in [2.05, 4.69) is 36.1 Å².